The molecule has 1 aliphatic heterocycles. The van der Waals surface area contributed by atoms with Crippen LogP contribution in [0.1, 0.15) is 34.1 Å². The van der Waals surface area contributed by atoms with E-state index in [1.165, 1.54) is 0 Å². The molecule has 21 heavy (non-hydrogen) atoms. The van der Waals surface area contributed by atoms with Crippen LogP contribution in [0.15, 0.2) is 24.3 Å². The van der Waals surface area contributed by atoms with E-state index in [1.807, 2.05) is 19.0 Å². The number of carbonyl (C=O) groups excluding carboxylic acids is 3. The number of amides is 2. The van der Waals surface area contributed by atoms with Gasteiger partial charge in [0.2, 0.25) is 0 Å². The lowest BCUT2D eigenvalue weighted by atomic mass is 10.1. The maximum atomic E-state index is 12.1. The van der Waals surface area contributed by atoms with Crippen LogP contribution >= 0.6 is 0 Å². The fourth-order valence-corrected chi connectivity index (χ4v) is 2.00. The van der Waals surface area contributed by atoms with Crippen LogP contribution in [0.3, 0.4) is 0 Å². The van der Waals surface area contributed by atoms with E-state index >= 15 is 0 Å². The molecule has 112 valence electrons. The first-order valence-corrected chi connectivity index (χ1v) is 6.76. The molecule has 1 heterocycles. The van der Waals surface area contributed by atoms with Gasteiger partial charge in [-0.2, -0.15) is 0 Å². The van der Waals surface area contributed by atoms with Crippen molar-refractivity contribution in [2.75, 3.05) is 20.6 Å². The third kappa shape index (κ3) is 3.11. The molecule has 0 aliphatic carbocycles. The van der Waals surface area contributed by atoms with Crippen LogP contribution in [0.2, 0.25) is 0 Å². The van der Waals surface area contributed by atoms with Gasteiger partial charge in [0.05, 0.1) is 17.0 Å². The number of hydrogen-bond donors (Lipinski definition) is 0. The molecule has 1 aromatic rings. The number of imide groups is 1. The lowest BCUT2D eigenvalue weighted by Crippen LogP contribution is -2.35. The first-order chi connectivity index (χ1) is 9.91. The number of nitrogens with zero attached hydrogens (tertiary/aromatic N) is 2. The quantitative estimate of drug-likeness (QED) is 0.765. The average Bonchev–Trinajstić information content (AvgIpc) is 2.70. The van der Waals surface area contributed by atoms with Crippen molar-refractivity contribution in [3.8, 4) is 0 Å². The Balaban J connectivity index is 2.03. The third-order valence-corrected chi connectivity index (χ3v) is 3.35. The van der Waals surface area contributed by atoms with Gasteiger partial charge >= 0.3 is 5.97 Å². The molecule has 2 rings (SSSR count). The Kier molecular flexibility index (Phi) is 4.37. The van der Waals surface area contributed by atoms with Crippen LogP contribution in [0, 0.1) is 5.92 Å². The van der Waals surface area contributed by atoms with Gasteiger partial charge < -0.3 is 9.74 Å². The molecule has 1 atom stereocenters. The Morgan fingerprint density at radius 2 is 1.71 bits per heavy atom. The van der Waals surface area contributed by atoms with Crippen molar-refractivity contribution in [1.29, 1.82) is 0 Å². The largest absolute Gasteiger partial charge is 0.336 e. The van der Waals surface area contributed by atoms with E-state index in [9.17, 15) is 14.4 Å². The minimum Gasteiger partial charge on any atom is -0.329 e. The Labute approximate surface area is 123 Å². The van der Waals surface area contributed by atoms with E-state index in [2.05, 4.69) is 0 Å². The van der Waals surface area contributed by atoms with Crippen molar-refractivity contribution < 1.29 is 19.2 Å². The predicted molar refractivity (Wildman–Crippen MR) is 75.4 cm³/mol. The molecule has 0 bridgehead atoms. The second-order valence-electron chi connectivity index (χ2n) is 5.35. The highest BCUT2D eigenvalue weighted by atomic mass is 16.7. The second-order valence-corrected chi connectivity index (χ2v) is 5.35. The van der Waals surface area contributed by atoms with E-state index < -0.39 is 23.7 Å². The van der Waals surface area contributed by atoms with Crippen LogP contribution in [-0.2, 0) is 9.63 Å². The monoisotopic (exact) mass is 290 g/mol. The van der Waals surface area contributed by atoms with E-state index in [0.717, 1.165) is 6.54 Å². The van der Waals surface area contributed by atoms with Gasteiger partial charge in [0, 0.05) is 0 Å². The van der Waals surface area contributed by atoms with Gasteiger partial charge in [-0.05, 0) is 39.2 Å². The average molecular weight is 290 g/mol. The van der Waals surface area contributed by atoms with Crippen molar-refractivity contribution in [2.24, 2.45) is 5.92 Å². The minimum atomic E-state index is -0.594. The zero-order valence-corrected chi connectivity index (χ0v) is 12.3. The summed E-state index contributed by atoms with van der Waals surface area (Å²) in [7, 11) is 3.81. The highest BCUT2D eigenvalue weighted by Crippen LogP contribution is 2.23. The van der Waals surface area contributed by atoms with Gasteiger partial charge in [-0.15, -0.1) is 0 Å². The van der Waals surface area contributed by atoms with E-state index in [-0.39, 0.29) is 11.1 Å². The fourth-order valence-electron chi connectivity index (χ4n) is 2.00. The van der Waals surface area contributed by atoms with Crippen LogP contribution in [0.4, 0.5) is 0 Å². The summed E-state index contributed by atoms with van der Waals surface area (Å²) in [5, 5.41) is 0.555. The van der Waals surface area contributed by atoms with Crippen molar-refractivity contribution >= 4 is 17.8 Å². The topological polar surface area (TPSA) is 66.9 Å². The Bertz CT molecular complexity index is 548. The number of hydrogen-bond acceptors (Lipinski definition) is 5. The van der Waals surface area contributed by atoms with Gasteiger partial charge in [-0.1, -0.05) is 24.1 Å². The summed E-state index contributed by atoms with van der Waals surface area (Å²) < 4.78 is 0. The summed E-state index contributed by atoms with van der Waals surface area (Å²) in [5.41, 5.74) is 0.521. The lowest BCUT2D eigenvalue weighted by Gasteiger charge is -2.17. The summed E-state index contributed by atoms with van der Waals surface area (Å²) in [6, 6.07) is 6.40. The molecule has 0 N–H and O–H groups in total. The molecule has 0 saturated carbocycles. The molecule has 0 radical (unpaired) electrons. The first-order valence-electron chi connectivity index (χ1n) is 6.76. The Morgan fingerprint density at radius 3 is 2.19 bits per heavy atom. The number of hydroxylamine groups is 2. The molecule has 1 aromatic carbocycles. The van der Waals surface area contributed by atoms with Gasteiger partial charge in [0.15, 0.2) is 0 Å². The third-order valence-electron chi connectivity index (χ3n) is 3.35. The minimum absolute atomic E-state index is 0.260. The molecule has 2 amide bonds. The number of benzene rings is 1. The molecular formula is C15H18N2O4. The molecule has 0 spiro atoms. The fraction of sp³-hybridized carbons (Fsp3) is 0.400. The van der Waals surface area contributed by atoms with Crippen LogP contribution < -0.4 is 0 Å². The Morgan fingerprint density at radius 1 is 1.19 bits per heavy atom. The maximum absolute atomic E-state index is 12.1. The highest BCUT2D eigenvalue weighted by molar-refractivity contribution is 6.20. The summed E-state index contributed by atoms with van der Waals surface area (Å²) in [6.45, 7) is 2.43. The van der Waals surface area contributed by atoms with Crippen LogP contribution in [-0.4, -0.2) is 48.4 Å². The first kappa shape index (κ1) is 15.2. The zero-order chi connectivity index (χ0) is 15.6. The lowest BCUT2D eigenvalue weighted by molar-refractivity contribution is -0.173. The molecule has 1 unspecified atom stereocenters. The number of rotatable bonds is 5. The van der Waals surface area contributed by atoms with E-state index in [1.54, 1.807) is 31.2 Å². The molecular weight excluding hydrogens is 272 g/mol. The van der Waals surface area contributed by atoms with E-state index in [0.29, 0.717) is 11.5 Å². The standard InChI is InChI=1S/C15H18N2O4/c1-10(8-9-16(2)3)15(20)21-17-13(18)11-6-4-5-7-12(11)14(17)19/h4-7,10H,8-9H2,1-3H3. The van der Waals surface area contributed by atoms with Gasteiger partial charge in [0.25, 0.3) is 11.8 Å². The summed E-state index contributed by atoms with van der Waals surface area (Å²) in [5.74, 6) is -2.16. The SMILES string of the molecule is CC(CCN(C)C)C(=O)ON1C(=O)c2ccccc2C1=O. The molecule has 1 aliphatic rings. The van der Waals surface area contributed by atoms with Gasteiger partial charge in [-0.25, -0.2) is 4.79 Å². The smallest absolute Gasteiger partial charge is 0.329 e. The molecule has 0 fully saturated rings. The zero-order valence-electron chi connectivity index (χ0n) is 12.3. The second kappa shape index (κ2) is 6.05. The van der Waals surface area contributed by atoms with Gasteiger partial charge in [0.1, 0.15) is 0 Å². The molecule has 0 aromatic heterocycles. The predicted octanol–water partition coefficient (Wildman–Crippen LogP) is 1.33. The van der Waals surface area contributed by atoms with Crippen molar-refractivity contribution in [3.63, 3.8) is 0 Å². The van der Waals surface area contributed by atoms with Crippen molar-refractivity contribution in [1.82, 2.24) is 9.96 Å². The van der Waals surface area contributed by atoms with Crippen LogP contribution in [0.25, 0.3) is 0 Å². The van der Waals surface area contributed by atoms with Gasteiger partial charge in [-0.3, -0.25) is 9.59 Å². The highest BCUT2D eigenvalue weighted by Gasteiger charge is 2.39. The molecule has 6 heteroatoms. The maximum Gasteiger partial charge on any atom is 0.336 e. The summed E-state index contributed by atoms with van der Waals surface area (Å²) >= 11 is 0. The summed E-state index contributed by atoms with van der Waals surface area (Å²) in [4.78, 5) is 43.0. The number of carbonyl (C=O) groups is 3. The van der Waals surface area contributed by atoms with Crippen LogP contribution in [0.5, 0.6) is 0 Å². The Hall–Kier alpha value is -2.21. The van der Waals surface area contributed by atoms with Crippen molar-refractivity contribution in [2.45, 2.75) is 13.3 Å². The van der Waals surface area contributed by atoms with E-state index in [4.69, 9.17) is 4.84 Å². The normalized spacial score (nSPS) is 15.3. The molecule has 0 saturated heterocycles. The molecule has 6 nitrogen and oxygen atoms in total. The number of fused-ring (bicyclic) bond motifs is 1. The summed E-state index contributed by atoms with van der Waals surface area (Å²) in [6.07, 6.45) is 0.592. The van der Waals surface area contributed by atoms with Crippen molar-refractivity contribution in [3.05, 3.63) is 35.4 Å².